The van der Waals surface area contributed by atoms with Crippen molar-refractivity contribution < 1.29 is 9.26 Å². The fraction of sp³-hybridized carbons (Fsp3) is 0.833. The highest BCUT2D eigenvalue weighted by molar-refractivity contribution is 5.02. The normalized spacial score (nSPS) is 26.6. The first kappa shape index (κ1) is 12.5. The summed E-state index contributed by atoms with van der Waals surface area (Å²) in [5, 5.41) is 7.39. The Morgan fingerprint density at radius 3 is 2.71 bits per heavy atom. The highest BCUT2D eigenvalue weighted by atomic mass is 16.5. The summed E-state index contributed by atoms with van der Waals surface area (Å²) in [7, 11) is 1.68. The maximum absolute atomic E-state index is 5.40. The van der Waals surface area contributed by atoms with Crippen LogP contribution in [0.25, 0.3) is 0 Å². The summed E-state index contributed by atoms with van der Waals surface area (Å²) in [5.74, 6) is 2.62. The molecular weight excluding hydrogens is 218 g/mol. The smallest absolute Gasteiger partial charge is 0.231 e. The van der Waals surface area contributed by atoms with Crippen molar-refractivity contribution in [1.29, 1.82) is 0 Å². The summed E-state index contributed by atoms with van der Waals surface area (Å²) in [5.41, 5.74) is 0. The Bertz CT molecular complexity index is 348. The van der Waals surface area contributed by atoms with Crippen molar-refractivity contribution in [3.8, 4) is 0 Å². The third kappa shape index (κ3) is 2.50. The van der Waals surface area contributed by atoms with E-state index in [1.165, 1.54) is 0 Å². The van der Waals surface area contributed by atoms with Gasteiger partial charge in [0, 0.05) is 13.7 Å². The van der Waals surface area contributed by atoms with E-state index in [2.05, 4.69) is 36.2 Å². The SMILES string of the molecule is COC(c1noc([C@@H]2CNC[C@H]2C)n1)C(C)C. The van der Waals surface area contributed by atoms with E-state index < -0.39 is 0 Å². The summed E-state index contributed by atoms with van der Waals surface area (Å²) < 4.78 is 10.8. The predicted octanol–water partition coefficient (Wildman–Crippen LogP) is 1.74. The van der Waals surface area contributed by atoms with E-state index >= 15 is 0 Å². The lowest BCUT2D eigenvalue weighted by atomic mass is 9.98. The van der Waals surface area contributed by atoms with E-state index in [-0.39, 0.29) is 6.10 Å². The lowest BCUT2D eigenvalue weighted by molar-refractivity contribution is 0.0555. The van der Waals surface area contributed by atoms with Gasteiger partial charge in [0.05, 0.1) is 5.92 Å². The molecule has 1 fully saturated rings. The maximum Gasteiger partial charge on any atom is 0.231 e. The molecule has 17 heavy (non-hydrogen) atoms. The van der Waals surface area contributed by atoms with Gasteiger partial charge in [0.15, 0.2) is 0 Å². The fourth-order valence-corrected chi connectivity index (χ4v) is 2.33. The van der Waals surface area contributed by atoms with Crippen molar-refractivity contribution in [3.63, 3.8) is 0 Å². The van der Waals surface area contributed by atoms with Crippen molar-refractivity contribution in [1.82, 2.24) is 15.5 Å². The molecule has 0 amide bonds. The zero-order chi connectivity index (χ0) is 12.4. The summed E-state index contributed by atoms with van der Waals surface area (Å²) in [6.45, 7) is 8.31. The Hall–Kier alpha value is -0.940. The average molecular weight is 239 g/mol. The maximum atomic E-state index is 5.40. The molecule has 0 radical (unpaired) electrons. The molecule has 1 aromatic heterocycles. The molecule has 0 bridgehead atoms. The van der Waals surface area contributed by atoms with E-state index in [9.17, 15) is 0 Å². The second kappa shape index (κ2) is 5.14. The van der Waals surface area contributed by atoms with Gasteiger partial charge in [0.1, 0.15) is 6.10 Å². The van der Waals surface area contributed by atoms with Gasteiger partial charge in [-0.15, -0.1) is 0 Å². The predicted molar refractivity (Wildman–Crippen MR) is 63.7 cm³/mol. The zero-order valence-corrected chi connectivity index (χ0v) is 10.9. The van der Waals surface area contributed by atoms with Crippen molar-refractivity contribution in [2.75, 3.05) is 20.2 Å². The van der Waals surface area contributed by atoms with E-state index in [4.69, 9.17) is 9.26 Å². The van der Waals surface area contributed by atoms with Gasteiger partial charge in [-0.25, -0.2) is 0 Å². The molecule has 0 saturated carbocycles. The minimum absolute atomic E-state index is 0.0860. The first-order chi connectivity index (χ1) is 8.13. The zero-order valence-electron chi connectivity index (χ0n) is 10.9. The summed E-state index contributed by atoms with van der Waals surface area (Å²) in [6, 6.07) is 0. The summed E-state index contributed by atoms with van der Waals surface area (Å²) >= 11 is 0. The van der Waals surface area contributed by atoms with Crippen LogP contribution < -0.4 is 5.32 Å². The van der Waals surface area contributed by atoms with Crippen LogP contribution in [0, 0.1) is 11.8 Å². The Kier molecular flexibility index (Phi) is 3.79. The van der Waals surface area contributed by atoms with Gasteiger partial charge in [-0.05, 0) is 18.4 Å². The number of nitrogens with zero attached hydrogens (tertiary/aromatic N) is 2. The molecule has 0 aliphatic carbocycles. The van der Waals surface area contributed by atoms with E-state index in [1.54, 1.807) is 7.11 Å². The molecule has 96 valence electrons. The van der Waals surface area contributed by atoms with Crippen molar-refractivity contribution >= 4 is 0 Å². The highest BCUT2D eigenvalue weighted by Crippen LogP contribution is 2.29. The van der Waals surface area contributed by atoms with Crippen molar-refractivity contribution in [3.05, 3.63) is 11.7 Å². The number of hydrogen-bond acceptors (Lipinski definition) is 5. The largest absolute Gasteiger partial charge is 0.373 e. The lowest BCUT2D eigenvalue weighted by Gasteiger charge is -2.14. The third-order valence-electron chi connectivity index (χ3n) is 3.41. The van der Waals surface area contributed by atoms with Gasteiger partial charge in [-0.3, -0.25) is 0 Å². The van der Waals surface area contributed by atoms with Gasteiger partial charge >= 0.3 is 0 Å². The molecule has 0 aromatic carbocycles. The van der Waals surface area contributed by atoms with Crippen LogP contribution in [-0.4, -0.2) is 30.3 Å². The van der Waals surface area contributed by atoms with Crippen LogP contribution in [0.15, 0.2) is 4.52 Å². The van der Waals surface area contributed by atoms with Crippen molar-refractivity contribution in [2.45, 2.75) is 32.8 Å². The fourth-order valence-electron chi connectivity index (χ4n) is 2.33. The molecule has 0 spiro atoms. The van der Waals surface area contributed by atoms with Gasteiger partial charge < -0.3 is 14.6 Å². The molecule has 3 atom stereocenters. The molecule has 5 nitrogen and oxygen atoms in total. The standard InChI is InChI=1S/C12H21N3O2/c1-7(2)10(16-4)11-14-12(17-15-11)9-6-13-5-8(9)3/h7-10,13H,5-6H2,1-4H3/t8-,9-,10?/m1/s1. The van der Waals surface area contributed by atoms with E-state index in [0.717, 1.165) is 19.0 Å². The summed E-state index contributed by atoms with van der Waals surface area (Å²) in [4.78, 5) is 4.49. The quantitative estimate of drug-likeness (QED) is 0.867. The minimum atomic E-state index is -0.0860. The second-order valence-electron chi connectivity index (χ2n) is 5.13. The molecule has 1 saturated heterocycles. The van der Waals surface area contributed by atoms with E-state index in [1.807, 2.05) is 0 Å². The number of nitrogens with one attached hydrogen (secondary N) is 1. The van der Waals surface area contributed by atoms with E-state index in [0.29, 0.717) is 23.6 Å². The highest BCUT2D eigenvalue weighted by Gasteiger charge is 2.31. The third-order valence-corrected chi connectivity index (χ3v) is 3.41. The molecular formula is C12H21N3O2. The molecule has 1 aromatic rings. The Morgan fingerprint density at radius 2 is 2.18 bits per heavy atom. The number of rotatable bonds is 4. The summed E-state index contributed by atoms with van der Waals surface area (Å²) in [6.07, 6.45) is -0.0860. The number of methoxy groups -OCH3 is 1. The first-order valence-electron chi connectivity index (χ1n) is 6.20. The van der Waals surface area contributed by atoms with Gasteiger partial charge in [-0.2, -0.15) is 4.98 Å². The van der Waals surface area contributed by atoms with Gasteiger partial charge in [0.25, 0.3) is 0 Å². The Balaban J connectivity index is 2.14. The number of hydrogen-bond donors (Lipinski definition) is 1. The number of ether oxygens (including phenoxy) is 1. The van der Waals surface area contributed by atoms with Gasteiger partial charge in [-0.1, -0.05) is 25.9 Å². The lowest BCUT2D eigenvalue weighted by Crippen LogP contribution is -2.12. The molecule has 1 N–H and O–H groups in total. The van der Waals surface area contributed by atoms with Crippen LogP contribution >= 0.6 is 0 Å². The molecule has 1 aliphatic heterocycles. The van der Waals surface area contributed by atoms with Crippen LogP contribution in [0.3, 0.4) is 0 Å². The van der Waals surface area contributed by atoms with Gasteiger partial charge in [0.2, 0.25) is 11.7 Å². The van der Waals surface area contributed by atoms with Crippen LogP contribution in [-0.2, 0) is 4.74 Å². The van der Waals surface area contributed by atoms with Crippen LogP contribution in [0.5, 0.6) is 0 Å². The van der Waals surface area contributed by atoms with Crippen LogP contribution in [0.1, 0.15) is 44.5 Å². The monoisotopic (exact) mass is 239 g/mol. The molecule has 1 unspecified atom stereocenters. The van der Waals surface area contributed by atoms with Crippen LogP contribution in [0.2, 0.25) is 0 Å². The minimum Gasteiger partial charge on any atom is -0.373 e. The molecule has 2 rings (SSSR count). The number of aromatic nitrogens is 2. The molecule has 1 aliphatic rings. The molecule has 2 heterocycles. The molecule has 5 heteroatoms. The average Bonchev–Trinajstić information content (AvgIpc) is 2.87. The van der Waals surface area contributed by atoms with Crippen LogP contribution in [0.4, 0.5) is 0 Å². The first-order valence-corrected chi connectivity index (χ1v) is 6.20. The second-order valence-corrected chi connectivity index (χ2v) is 5.13. The topological polar surface area (TPSA) is 60.2 Å². The Labute approximate surface area is 102 Å². The Morgan fingerprint density at radius 1 is 1.41 bits per heavy atom. The van der Waals surface area contributed by atoms with Crippen molar-refractivity contribution in [2.24, 2.45) is 11.8 Å².